The topological polar surface area (TPSA) is 77.3 Å². The van der Waals surface area contributed by atoms with Crippen molar-refractivity contribution < 1.29 is 4.74 Å². The number of hydrogen-bond acceptors (Lipinski definition) is 7. The Hall–Kier alpha value is -1.98. The maximum absolute atomic E-state index is 9.37. The number of halogens is 1. The van der Waals surface area contributed by atoms with Crippen molar-refractivity contribution in [3.63, 3.8) is 0 Å². The predicted molar refractivity (Wildman–Crippen MR) is 117 cm³/mol. The van der Waals surface area contributed by atoms with Crippen molar-refractivity contribution in [2.45, 2.75) is 19.4 Å². The van der Waals surface area contributed by atoms with Crippen LogP contribution in [0.1, 0.15) is 18.9 Å². The smallest absolute Gasteiger partial charge is 0.113 e. The summed E-state index contributed by atoms with van der Waals surface area (Å²) in [7, 11) is 0. The van der Waals surface area contributed by atoms with Gasteiger partial charge in [-0.3, -0.25) is 14.9 Å². The maximum atomic E-state index is 9.37. The number of piperazine rings is 1. The molecule has 0 aliphatic carbocycles. The lowest BCUT2D eigenvalue weighted by Crippen LogP contribution is -2.46. The van der Waals surface area contributed by atoms with E-state index in [0.29, 0.717) is 17.0 Å². The van der Waals surface area contributed by atoms with Crippen LogP contribution in [-0.4, -0.2) is 73.4 Å². The second-order valence-electron chi connectivity index (χ2n) is 7.83. The van der Waals surface area contributed by atoms with Crippen LogP contribution in [0.5, 0.6) is 0 Å². The van der Waals surface area contributed by atoms with E-state index in [4.69, 9.17) is 4.74 Å². The lowest BCUT2D eigenvalue weighted by Gasteiger charge is -2.38. The first-order chi connectivity index (χ1) is 13.7. The molecule has 4 rings (SSSR count). The first-order valence-electron chi connectivity index (χ1n) is 10.2. The van der Waals surface area contributed by atoms with Gasteiger partial charge in [-0.1, -0.05) is 6.92 Å². The van der Waals surface area contributed by atoms with Crippen LogP contribution < -0.4 is 10.2 Å². The van der Waals surface area contributed by atoms with E-state index in [0.717, 1.165) is 70.0 Å². The molecule has 3 heterocycles. The monoisotopic (exact) mass is 416 g/mol. The highest BCUT2D eigenvalue weighted by Gasteiger charge is 2.27. The van der Waals surface area contributed by atoms with Crippen molar-refractivity contribution in [3.8, 4) is 6.07 Å². The number of benzene rings is 1. The Balaban J connectivity index is 0.00000240. The van der Waals surface area contributed by atoms with E-state index in [-0.39, 0.29) is 18.5 Å². The second kappa shape index (κ2) is 10.2. The number of hydrogen-bond donors (Lipinski definition) is 1. The first kappa shape index (κ1) is 21.7. The van der Waals surface area contributed by atoms with Gasteiger partial charge in [0.15, 0.2) is 0 Å². The number of rotatable bonds is 5. The summed E-state index contributed by atoms with van der Waals surface area (Å²) in [6.45, 7) is 10.2. The first-order valence-corrected chi connectivity index (χ1v) is 10.2. The number of anilines is 1. The molecule has 2 fully saturated rings. The summed E-state index contributed by atoms with van der Waals surface area (Å²) >= 11 is 0. The highest BCUT2D eigenvalue weighted by Crippen LogP contribution is 2.30. The van der Waals surface area contributed by atoms with Gasteiger partial charge in [-0.15, -0.1) is 12.4 Å². The van der Waals surface area contributed by atoms with E-state index in [1.54, 1.807) is 12.4 Å². The van der Waals surface area contributed by atoms with Crippen LogP contribution in [0.15, 0.2) is 24.5 Å². The molecule has 0 bridgehead atoms. The molecule has 1 aromatic carbocycles. The minimum Gasteiger partial charge on any atom is -0.375 e. The SMILES string of the molecule is CC1CC(OCCN2CCNCC2)CN(c2ccc(C#N)c3nccnc23)C1.Cl. The normalized spacial score (nSPS) is 22.8. The van der Waals surface area contributed by atoms with Gasteiger partial charge in [-0.25, -0.2) is 0 Å². The van der Waals surface area contributed by atoms with Crippen molar-refractivity contribution in [1.82, 2.24) is 20.2 Å². The summed E-state index contributed by atoms with van der Waals surface area (Å²) in [6, 6.07) is 6.08. The number of piperidine rings is 1. The summed E-state index contributed by atoms with van der Waals surface area (Å²) in [5, 5.41) is 12.8. The quantitative estimate of drug-likeness (QED) is 0.799. The Morgan fingerprint density at radius 2 is 1.93 bits per heavy atom. The fourth-order valence-electron chi connectivity index (χ4n) is 4.28. The van der Waals surface area contributed by atoms with E-state index < -0.39 is 0 Å². The molecule has 29 heavy (non-hydrogen) atoms. The van der Waals surface area contributed by atoms with E-state index in [9.17, 15) is 5.26 Å². The summed E-state index contributed by atoms with van der Waals surface area (Å²) < 4.78 is 6.27. The zero-order valence-corrected chi connectivity index (χ0v) is 17.7. The average Bonchev–Trinajstić information content (AvgIpc) is 2.73. The standard InChI is InChI=1S/C21H28N6O.ClH/c1-16-12-18(28-11-10-26-8-6-23-7-9-26)15-27(14-16)19-3-2-17(13-22)20-21(19)25-5-4-24-20;/h2-5,16,18,23H,6-12,14-15H2,1H3;1H. The lowest BCUT2D eigenvalue weighted by atomic mass is 9.96. The molecule has 1 aromatic heterocycles. The van der Waals surface area contributed by atoms with Gasteiger partial charge in [0, 0.05) is 58.2 Å². The summed E-state index contributed by atoms with van der Waals surface area (Å²) in [4.78, 5) is 13.7. The van der Waals surface area contributed by atoms with Gasteiger partial charge in [-0.2, -0.15) is 5.26 Å². The Labute approximate surface area is 178 Å². The highest BCUT2D eigenvalue weighted by molar-refractivity contribution is 5.92. The van der Waals surface area contributed by atoms with Crippen molar-refractivity contribution in [2.24, 2.45) is 5.92 Å². The molecular weight excluding hydrogens is 388 g/mol. The molecule has 0 radical (unpaired) electrons. The zero-order chi connectivity index (χ0) is 19.3. The lowest BCUT2D eigenvalue weighted by molar-refractivity contribution is 0.0186. The largest absolute Gasteiger partial charge is 0.375 e. The molecule has 2 aliphatic heterocycles. The van der Waals surface area contributed by atoms with Crippen LogP contribution in [0.2, 0.25) is 0 Å². The highest BCUT2D eigenvalue weighted by atomic mass is 35.5. The van der Waals surface area contributed by atoms with Gasteiger partial charge in [-0.05, 0) is 24.5 Å². The van der Waals surface area contributed by atoms with E-state index in [2.05, 4.69) is 38.1 Å². The van der Waals surface area contributed by atoms with Gasteiger partial charge < -0.3 is 15.0 Å². The summed E-state index contributed by atoms with van der Waals surface area (Å²) in [5.74, 6) is 0.542. The molecule has 0 amide bonds. The minimum absolute atomic E-state index is 0. The fraction of sp³-hybridized carbons (Fsp3) is 0.571. The molecule has 0 spiro atoms. The van der Waals surface area contributed by atoms with Gasteiger partial charge >= 0.3 is 0 Å². The Morgan fingerprint density at radius 1 is 1.17 bits per heavy atom. The van der Waals surface area contributed by atoms with Crippen molar-refractivity contribution in [3.05, 3.63) is 30.1 Å². The molecule has 1 N–H and O–H groups in total. The fourth-order valence-corrected chi connectivity index (χ4v) is 4.28. The molecule has 2 unspecified atom stereocenters. The Bertz CT molecular complexity index is 851. The molecule has 8 heteroatoms. The molecule has 2 atom stereocenters. The van der Waals surface area contributed by atoms with Crippen LogP contribution in [0, 0.1) is 17.2 Å². The van der Waals surface area contributed by atoms with Gasteiger partial charge in [0.2, 0.25) is 0 Å². The number of nitriles is 1. The Morgan fingerprint density at radius 3 is 2.69 bits per heavy atom. The van der Waals surface area contributed by atoms with Crippen molar-refractivity contribution in [1.29, 1.82) is 5.26 Å². The number of nitrogens with one attached hydrogen (secondary N) is 1. The number of aromatic nitrogens is 2. The van der Waals surface area contributed by atoms with Crippen LogP contribution in [-0.2, 0) is 4.74 Å². The van der Waals surface area contributed by atoms with Gasteiger partial charge in [0.05, 0.1) is 24.0 Å². The van der Waals surface area contributed by atoms with Crippen LogP contribution in [0.4, 0.5) is 5.69 Å². The summed E-state index contributed by atoms with van der Waals surface area (Å²) in [6.07, 6.45) is 4.64. The third-order valence-corrected chi connectivity index (χ3v) is 5.66. The minimum atomic E-state index is 0. The average molecular weight is 417 g/mol. The summed E-state index contributed by atoms with van der Waals surface area (Å²) in [5.41, 5.74) is 3.09. The molecule has 0 saturated carbocycles. The number of ether oxygens (including phenoxy) is 1. The molecule has 2 aromatic rings. The zero-order valence-electron chi connectivity index (χ0n) is 16.9. The van der Waals surface area contributed by atoms with Crippen molar-refractivity contribution in [2.75, 3.05) is 57.3 Å². The van der Waals surface area contributed by atoms with E-state index in [1.807, 2.05) is 12.1 Å². The maximum Gasteiger partial charge on any atom is 0.113 e. The Kier molecular flexibility index (Phi) is 7.62. The second-order valence-corrected chi connectivity index (χ2v) is 7.83. The predicted octanol–water partition coefficient (Wildman–Crippen LogP) is 2.06. The van der Waals surface area contributed by atoms with Crippen LogP contribution >= 0.6 is 12.4 Å². The van der Waals surface area contributed by atoms with E-state index >= 15 is 0 Å². The number of nitrogens with zero attached hydrogens (tertiary/aromatic N) is 5. The number of fused-ring (bicyclic) bond motifs is 1. The van der Waals surface area contributed by atoms with Crippen molar-refractivity contribution >= 4 is 29.1 Å². The third-order valence-electron chi connectivity index (χ3n) is 5.66. The molecular formula is C21H29ClN6O. The molecule has 2 aliphatic rings. The third kappa shape index (κ3) is 5.14. The molecule has 2 saturated heterocycles. The molecule has 7 nitrogen and oxygen atoms in total. The van der Waals surface area contributed by atoms with Gasteiger partial charge in [0.1, 0.15) is 17.1 Å². The molecule has 156 valence electrons. The van der Waals surface area contributed by atoms with Crippen LogP contribution in [0.3, 0.4) is 0 Å². The van der Waals surface area contributed by atoms with E-state index in [1.165, 1.54) is 0 Å². The van der Waals surface area contributed by atoms with Crippen LogP contribution in [0.25, 0.3) is 11.0 Å². The van der Waals surface area contributed by atoms with Gasteiger partial charge in [0.25, 0.3) is 0 Å².